The quantitative estimate of drug-likeness (QED) is 0.442. The molecule has 0 spiro atoms. The summed E-state index contributed by atoms with van der Waals surface area (Å²) >= 11 is 1.32. The first-order valence-corrected chi connectivity index (χ1v) is 11.0. The molecule has 1 N–H and O–H groups in total. The Morgan fingerprint density at radius 2 is 1.97 bits per heavy atom. The maximum atomic E-state index is 12.6. The van der Waals surface area contributed by atoms with Crippen LogP contribution in [0, 0.1) is 0 Å². The Morgan fingerprint density at radius 3 is 2.82 bits per heavy atom. The molecular formula is C24H18N2O6S. The molecule has 8 nitrogen and oxygen atoms in total. The predicted octanol–water partition coefficient (Wildman–Crippen LogP) is 4.24. The van der Waals surface area contributed by atoms with E-state index in [4.69, 9.17) is 13.9 Å². The third kappa shape index (κ3) is 3.87. The number of benzene rings is 2. The number of ether oxygens (including phenoxy) is 2. The number of thiophene rings is 1. The van der Waals surface area contributed by atoms with E-state index in [0.29, 0.717) is 28.1 Å². The fourth-order valence-electron chi connectivity index (χ4n) is 3.91. The van der Waals surface area contributed by atoms with Crippen LogP contribution in [0.25, 0.3) is 21.5 Å². The normalized spacial score (nSPS) is 12.0. The van der Waals surface area contributed by atoms with Crippen molar-refractivity contribution in [3.63, 3.8) is 0 Å². The maximum absolute atomic E-state index is 12.6. The van der Waals surface area contributed by atoms with Gasteiger partial charge in [0.2, 0.25) is 0 Å². The Kier molecular flexibility index (Phi) is 5.39. The van der Waals surface area contributed by atoms with Gasteiger partial charge in [0, 0.05) is 4.88 Å². The van der Waals surface area contributed by atoms with Crippen LogP contribution < -0.4 is 5.32 Å². The number of hydrogen-bond donors (Lipinski definition) is 1. The largest absolute Gasteiger partial charge is 0.465 e. The number of hydrogen-bond acceptors (Lipinski definition) is 8. The number of nitrogens with one attached hydrogen (secondary N) is 1. The van der Waals surface area contributed by atoms with Crippen LogP contribution in [0.15, 0.2) is 53.3 Å². The molecule has 1 amide bonds. The maximum Gasteiger partial charge on any atom is 0.341 e. The lowest BCUT2D eigenvalue weighted by Crippen LogP contribution is -2.21. The van der Waals surface area contributed by atoms with Crippen molar-refractivity contribution in [2.45, 2.75) is 12.8 Å². The highest BCUT2D eigenvalue weighted by atomic mass is 32.1. The molecule has 1 aliphatic rings. The number of methoxy groups -OCH3 is 1. The van der Waals surface area contributed by atoms with Gasteiger partial charge in [-0.2, -0.15) is 0 Å². The standard InChI is InChI=1S/C24H18N2O6S/c1-30-24(29)20-16-8-6-13-4-2-3-5-15(13)21(16)33-22(20)26-19(27)11-31-23(28)14-7-9-17-18(10-14)32-12-25-17/h2-5,7,9-10,12H,6,8,11H2,1H3,(H,26,27). The molecule has 0 unspecified atom stereocenters. The van der Waals surface area contributed by atoms with Crippen molar-refractivity contribution in [3.8, 4) is 10.4 Å². The van der Waals surface area contributed by atoms with Gasteiger partial charge in [0.1, 0.15) is 10.5 Å². The van der Waals surface area contributed by atoms with Crippen LogP contribution in [0.2, 0.25) is 0 Å². The predicted molar refractivity (Wildman–Crippen MR) is 121 cm³/mol. The number of rotatable bonds is 5. The monoisotopic (exact) mass is 462 g/mol. The molecule has 166 valence electrons. The van der Waals surface area contributed by atoms with E-state index in [-0.39, 0.29) is 5.56 Å². The van der Waals surface area contributed by atoms with E-state index < -0.39 is 24.5 Å². The zero-order chi connectivity index (χ0) is 22.9. The Balaban J connectivity index is 1.34. The van der Waals surface area contributed by atoms with Gasteiger partial charge in [-0.3, -0.25) is 4.79 Å². The van der Waals surface area contributed by atoms with E-state index >= 15 is 0 Å². The van der Waals surface area contributed by atoms with Crippen LogP contribution in [0.5, 0.6) is 0 Å². The molecule has 0 aliphatic heterocycles. The number of anilines is 1. The fourth-order valence-corrected chi connectivity index (χ4v) is 5.22. The second kappa shape index (κ2) is 8.51. The van der Waals surface area contributed by atoms with Crippen LogP contribution in [-0.2, 0) is 27.1 Å². The van der Waals surface area contributed by atoms with Gasteiger partial charge in [0.05, 0.1) is 18.2 Å². The van der Waals surface area contributed by atoms with E-state index in [0.717, 1.165) is 22.4 Å². The molecule has 9 heteroatoms. The number of aromatic nitrogens is 1. The van der Waals surface area contributed by atoms with Crippen LogP contribution >= 0.6 is 11.3 Å². The summed E-state index contributed by atoms with van der Waals surface area (Å²) in [4.78, 5) is 42.4. The lowest BCUT2D eigenvalue weighted by atomic mass is 9.89. The molecule has 1 aliphatic carbocycles. The molecule has 0 radical (unpaired) electrons. The van der Waals surface area contributed by atoms with Crippen molar-refractivity contribution >= 4 is 45.3 Å². The van der Waals surface area contributed by atoms with E-state index in [2.05, 4.69) is 16.4 Å². The summed E-state index contributed by atoms with van der Waals surface area (Å²) in [5, 5.41) is 3.10. The summed E-state index contributed by atoms with van der Waals surface area (Å²) < 4.78 is 15.3. The van der Waals surface area contributed by atoms with Gasteiger partial charge >= 0.3 is 11.9 Å². The number of fused-ring (bicyclic) bond motifs is 4. The molecule has 2 aromatic heterocycles. The Bertz CT molecular complexity index is 1400. The third-order valence-corrected chi connectivity index (χ3v) is 6.64. The van der Waals surface area contributed by atoms with Crippen LogP contribution in [-0.4, -0.2) is 36.5 Å². The van der Waals surface area contributed by atoms with Gasteiger partial charge < -0.3 is 19.2 Å². The Hall–Kier alpha value is -3.98. The molecule has 0 saturated heterocycles. The number of nitrogens with zero attached hydrogens (tertiary/aromatic N) is 1. The summed E-state index contributed by atoms with van der Waals surface area (Å²) in [7, 11) is 1.31. The topological polar surface area (TPSA) is 108 Å². The SMILES string of the molecule is COC(=O)c1c(NC(=O)COC(=O)c2ccc3ncoc3c2)sc2c1CCc1ccccc1-2. The number of carbonyl (C=O) groups is 3. The summed E-state index contributed by atoms with van der Waals surface area (Å²) in [5.41, 5.74) is 4.75. The second-order valence-corrected chi connectivity index (χ2v) is 8.44. The fraction of sp³-hybridized carbons (Fsp3) is 0.167. The lowest BCUT2D eigenvalue weighted by molar-refractivity contribution is -0.119. The lowest BCUT2D eigenvalue weighted by Gasteiger charge is -2.16. The van der Waals surface area contributed by atoms with Gasteiger partial charge in [0.15, 0.2) is 18.6 Å². The first-order chi connectivity index (χ1) is 16.0. The van der Waals surface area contributed by atoms with E-state index in [1.54, 1.807) is 12.1 Å². The highest BCUT2D eigenvalue weighted by Gasteiger charge is 2.29. The van der Waals surface area contributed by atoms with Gasteiger partial charge in [-0.05, 0) is 47.7 Å². The first kappa shape index (κ1) is 20.9. The summed E-state index contributed by atoms with van der Waals surface area (Å²) in [6, 6.07) is 12.7. The minimum Gasteiger partial charge on any atom is -0.465 e. The number of amides is 1. The molecule has 5 rings (SSSR count). The summed E-state index contributed by atoms with van der Waals surface area (Å²) in [5.74, 6) is -1.74. The number of esters is 2. The number of oxazole rings is 1. The smallest absolute Gasteiger partial charge is 0.341 e. The zero-order valence-electron chi connectivity index (χ0n) is 17.5. The summed E-state index contributed by atoms with van der Waals surface area (Å²) in [6.45, 7) is -0.507. The van der Waals surface area contributed by atoms with Crippen molar-refractivity contribution in [2.75, 3.05) is 19.0 Å². The Morgan fingerprint density at radius 1 is 1.12 bits per heavy atom. The van der Waals surface area contributed by atoms with Gasteiger partial charge in [-0.15, -0.1) is 11.3 Å². The molecule has 0 fully saturated rings. The minimum absolute atomic E-state index is 0.241. The van der Waals surface area contributed by atoms with E-state index in [1.807, 2.05) is 18.2 Å². The Labute approximate surface area is 192 Å². The van der Waals surface area contributed by atoms with Crippen molar-refractivity contribution < 1.29 is 28.3 Å². The second-order valence-electron chi connectivity index (χ2n) is 7.42. The van der Waals surface area contributed by atoms with Gasteiger partial charge in [0.25, 0.3) is 5.91 Å². The van der Waals surface area contributed by atoms with Gasteiger partial charge in [-0.25, -0.2) is 14.6 Å². The average Bonchev–Trinajstić information content (AvgIpc) is 3.45. The van der Waals surface area contributed by atoms with E-state index in [9.17, 15) is 14.4 Å². The van der Waals surface area contributed by atoms with Crippen LogP contribution in [0.4, 0.5) is 5.00 Å². The van der Waals surface area contributed by atoms with Crippen molar-refractivity contribution in [1.82, 2.24) is 4.98 Å². The van der Waals surface area contributed by atoms with Crippen molar-refractivity contribution in [2.24, 2.45) is 0 Å². The number of carbonyl (C=O) groups excluding carboxylic acids is 3. The third-order valence-electron chi connectivity index (χ3n) is 5.46. The van der Waals surface area contributed by atoms with Crippen LogP contribution in [0.3, 0.4) is 0 Å². The van der Waals surface area contributed by atoms with E-state index in [1.165, 1.54) is 36.5 Å². The average molecular weight is 462 g/mol. The molecule has 2 heterocycles. The van der Waals surface area contributed by atoms with Crippen molar-refractivity contribution in [1.29, 1.82) is 0 Å². The first-order valence-electron chi connectivity index (χ1n) is 10.2. The number of aryl methyl sites for hydroxylation is 1. The molecule has 2 aromatic carbocycles. The molecule has 0 saturated carbocycles. The minimum atomic E-state index is -0.670. The molecule has 4 aromatic rings. The highest BCUT2D eigenvalue weighted by Crippen LogP contribution is 2.45. The summed E-state index contributed by atoms with van der Waals surface area (Å²) in [6.07, 6.45) is 2.75. The molecule has 33 heavy (non-hydrogen) atoms. The van der Waals surface area contributed by atoms with Crippen molar-refractivity contribution in [3.05, 3.63) is 71.1 Å². The molecule has 0 bridgehead atoms. The molecule has 0 atom stereocenters. The molecular weight excluding hydrogens is 444 g/mol. The zero-order valence-corrected chi connectivity index (χ0v) is 18.4. The van der Waals surface area contributed by atoms with Gasteiger partial charge in [-0.1, -0.05) is 24.3 Å². The van der Waals surface area contributed by atoms with Crippen LogP contribution in [0.1, 0.15) is 31.8 Å². The highest BCUT2D eigenvalue weighted by molar-refractivity contribution is 7.20.